The predicted octanol–water partition coefficient (Wildman–Crippen LogP) is 4.84. The zero-order valence-electron chi connectivity index (χ0n) is 13.7. The Hall–Kier alpha value is -1.90. The summed E-state index contributed by atoms with van der Waals surface area (Å²) in [5.74, 6) is 0.300. The zero-order valence-corrected chi connectivity index (χ0v) is 13.7. The van der Waals surface area contributed by atoms with Crippen molar-refractivity contribution in [1.29, 1.82) is 0 Å². The number of nitrogens with zero attached hydrogens (tertiary/aromatic N) is 1. The number of rotatable bonds is 3. The van der Waals surface area contributed by atoms with Crippen LogP contribution in [0.5, 0.6) is 0 Å². The van der Waals surface area contributed by atoms with Crippen molar-refractivity contribution in [2.24, 2.45) is 16.5 Å². The van der Waals surface area contributed by atoms with Gasteiger partial charge in [-0.3, -0.25) is 0 Å². The van der Waals surface area contributed by atoms with E-state index < -0.39 is 5.97 Å². The lowest BCUT2D eigenvalue weighted by molar-refractivity contribution is -0.137. The molecule has 3 heteroatoms. The monoisotopic (exact) mass is 299 g/mol. The van der Waals surface area contributed by atoms with E-state index >= 15 is 0 Å². The van der Waals surface area contributed by atoms with Gasteiger partial charge in [-0.2, -0.15) is 0 Å². The van der Waals surface area contributed by atoms with Crippen molar-refractivity contribution in [3.8, 4) is 0 Å². The van der Waals surface area contributed by atoms with Crippen molar-refractivity contribution in [3.05, 3.63) is 42.0 Å². The molecule has 0 amide bonds. The van der Waals surface area contributed by atoms with Gasteiger partial charge >= 0.3 is 5.97 Å². The molecule has 0 N–H and O–H groups in total. The molecule has 1 fully saturated rings. The van der Waals surface area contributed by atoms with Crippen LogP contribution in [0.4, 0.5) is 0 Å². The zero-order chi connectivity index (χ0) is 16.0. The van der Waals surface area contributed by atoms with Gasteiger partial charge in [0.15, 0.2) is 0 Å². The van der Waals surface area contributed by atoms with E-state index in [1.165, 1.54) is 6.08 Å². The quantitative estimate of drug-likeness (QED) is 0.455. The molecule has 118 valence electrons. The van der Waals surface area contributed by atoms with E-state index in [-0.39, 0.29) is 0 Å². The van der Waals surface area contributed by atoms with Crippen molar-refractivity contribution in [1.82, 2.24) is 0 Å². The first kappa shape index (κ1) is 16.5. The average molecular weight is 299 g/mol. The summed E-state index contributed by atoms with van der Waals surface area (Å²) >= 11 is 0. The highest BCUT2D eigenvalue weighted by Gasteiger charge is 2.28. The van der Waals surface area contributed by atoms with Gasteiger partial charge in [0, 0.05) is 6.08 Å². The predicted molar refractivity (Wildman–Crippen MR) is 90.4 cm³/mol. The topological polar surface area (TPSA) is 38.7 Å². The molecule has 0 atom stereocenters. The van der Waals surface area contributed by atoms with E-state index in [0.29, 0.717) is 5.41 Å². The van der Waals surface area contributed by atoms with E-state index in [4.69, 9.17) is 4.84 Å². The number of hydrogen-bond acceptors (Lipinski definition) is 3. The van der Waals surface area contributed by atoms with Crippen LogP contribution in [0.2, 0.25) is 0 Å². The van der Waals surface area contributed by atoms with Gasteiger partial charge in [0.05, 0.1) is 5.71 Å². The second kappa shape index (κ2) is 7.39. The number of oxime groups is 1. The van der Waals surface area contributed by atoms with Crippen LogP contribution in [0, 0.1) is 11.3 Å². The molecule has 22 heavy (non-hydrogen) atoms. The Labute approximate surface area is 133 Å². The Morgan fingerprint density at radius 2 is 1.82 bits per heavy atom. The molecule has 2 rings (SSSR count). The van der Waals surface area contributed by atoms with Gasteiger partial charge in [-0.1, -0.05) is 56.3 Å². The summed E-state index contributed by atoms with van der Waals surface area (Å²) in [6, 6.07) is 9.67. The number of hydrogen-bond donors (Lipinski definition) is 0. The number of benzene rings is 1. The second-order valence-electron chi connectivity index (χ2n) is 6.95. The van der Waals surface area contributed by atoms with Gasteiger partial charge in [-0.05, 0) is 48.7 Å². The molecule has 0 saturated heterocycles. The van der Waals surface area contributed by atoms with Crippen LogP contribution < -0.4 is 0 Å². The third-order valence-corrected chi connectivity index (χ3v) is 4.26. The van der Waals surface area contributed by atoms with Crippen LogP contribution in [-0.4, -0.2) is 11.7 Å². The van der Waals surface area contributed by atoms with Crippen molar-refractivity contribution < 1.29 is 9.63 Å². The number of carbonyl (C=O) groups excluding carboxylic acids is 1. The first-order valence-electron chi connectivity index (χ1n) is 7.95. The van der Waals surface area contributed by atoms with Gasteiger partial charge in [-0.15, -0.1) is 0 Å². The minimum absolute atomic E-state index is 0.348. The van der Waals surface area contributed by atoms with Gasteiger partial charge in [0.2, 0.25) is 0 Å². The maximum atomic E-state index is 11.7. The molecule has 0 aliphatic heterocycles. The van der Waals surface area contributed by atoms with Gasteiger partial charge in [0.1, 0.15) is 0 Å². The van der Waals surface area contributed by atoms with E-state index in [1.54, 1.807) is 6.08 Å². The third-order valence-electron chi connectivity index (χ3n) is 4.26. The molecule has 0 unspecified atom stereocenters. The van der Waals surface area contributed by atoms with Crippen LogP contribution in [0.25, 0.3) is 6.08 Å². The van der Waals surface area contributed by atoms with E-state index in [2.05, 4.69) is 25.9 Å². The van der Waals surface area contributed by atoms with Crippen molar-refractivity contribution in [3.63, 3.8) is 0 Å². The molecular formula is C19H25NO2. The highest BCUT2D eigenvalue weighted by Crippen LogP contribution is 2.36. The fourth-order valence-electron chi connectivity index (χ4n) is 2.78. The fraction of sp³-hybridized carbons (Fsp3) is 0.474. The van der Waals surface area contributed by atoms with Crippen molar-refractivity contribution in [2.75, 3.05) is 0 Å². The molecule has 1 aliphatic rings. The lowest BCUT2D eigenvalue weighted by atomic mass is 9.72. The summed E-state index contributed by atoms with van der Waals surface area (Å²) in [6.07, 6.45) is 7.26. The van der Waals surface area contributed by atoms with Crippen LogP contribution in [-0.2, 0) is 9.63 Å². The van der Waals surface area contributed by atoms with Gasteiger partial charge in [0.25, 0.3) is 0 Å². The van der Waals surface area contributed by atoms with Crippen molar-refractivity contribution in [2.45, 2.75) is 46.5 Å². The Morgan fingerprint density at radius 3 is 2.41 bits per heavy atom. The normalized spacial score (nSPS) is 19.2. The van der Waals surface area contributed by atoms with Crippen LogP contribution in [0.1, 0.15) is 52.0 Å². The van der Waals surface area contributed by atoms with Crippen LogP contribution in [0.15, 0.2) is 41.6 Å². The molecule has 1 aliphatic carbocycles. The van der Waals surface area contributed by atoms with Crippen LogP contribution >= 0.6 is 0 Å². The summed E-state index contributed by atoms with van der Waals surface area (Å²) < 4.78 is 0. The second-order valence-corrected chi connectivity index (χ2v) is 6.95. The van der Waals surface area contributed by atoms with Gasteiger partial charge < -0.3 is 4.84 Å². The summed E-state index contributed by atoms with van der Waals surface area (Å²) in [7, 11) is 0. The lowest BCUT2D eigenvalue weighted by Gasteiger charge is -2.33. The van der Waals surface area contributed by atoms with Gasteiger partial charge in [-0.25, -0.2) is 4.79 Å². The highest BCUT2D eigenvalue weighted by atomic mass is 16.7. The van der Waals surface area contributed by atoms with E-state index in [0.717, 1.165) is 42.9 Å². The Balaban J connectivity index is 1.80. The molecule has 0 heterocycles. The van der Waals surface area contributed by atoms with E-state index in [1.807, 2.05) is 30.3 Å². The summed E-state index contributed by atoms with van der Waals surface area (Å²) in [5.41, 5.74) is 2.32. The summed E-state index contributed by atoms with van der Waals surface area (Å²) in [4.78, 5) is 16.7. The molecule has 1 saturated carbocycles. The molecule has 0 spiro atoms. The molecule has 3 nitrogen and oxygen atoms in total. The SMILES string of the molecule is CC(C)(C)C1CCC(=NOC(=O)/C=C/c2ccccc2)CC1. The minimum atomic E-state index is -0.422. The lowest BCUT2D eigenvalue weighted by Crippen LogP contribution is -2.26. The molecular weight excluding hydrogens is 274 g/mol. The standard InChI is InChI=1S/C19H25NO2/c1-19(2,3)16-10-12-17(13-11-16)20-22-18(21)14-9-15-7-5-4-6-8-15/h4-9,14,16H,10-13H2,1-3H3/b14-9+,20-17?. The minimum Gasteiger partial charge on any atom is -0.314 e. The highest BCUT2D eigenvalue weighted by molar-refractivity contribution is 5.89. The first-order valence-corrected chi connectivity index (χ1v) is 7.95. The third kappa shape index (κ3) is 5.14. The Morgan fingerprint density at radius 1 is 1.18 bits per heavy atom. The van der Waals surface area contributed by atoms with E-state index in [9.17, 15) is 4.79 Å². The maximum absolute atomic E-state index is 11.7. The first-order chi connectivity index (χ1) is 10.4. The number of carbonyl (C=O) groups is 1. The average Bonchev–Trinajstić information content (AvgIpc) is 2.51. The fourth-order valence-corrected chi connectivity index (χ4v) is 2.78. The molecule has 0 radical (unpaired) electrons. The molecule has 1 aromatic rings. The van der Waals surface area contributed by atoms with Crippen molar-refractivity contribution >= 4 is 17.8 Å². The smallest absolute Gasteiger partial charge is 0.314 e. The molecule has 0 aromatic heterocycles. The summed E-state index contributed by atoms with van der Waals surface area (Å²) in [6.45, 7) is 6.86. The molecule has 0 bridgehead atoms. The summed E-state index contributed by atoms with van der Waals surface area (Å²) in [5, 5.41) is 4.03. The maximum Gasteiger partial charge on any atom is 0.358 e. The largest absolute Gasteiger partial charge is 0.358 e. The Kier molecular flexibility index (Phi) is 5.53. The Bertz CT molecular complexity index is 543. The van der Waals surface area contributed by atoms with Crippen LogP contribution in [0.3, 0.4) is 0 Å². The molecule has 1 aromatic carbocycles.